The summed E-state index contributed by atoms with van der Waals surface area (Å²) in [6.45, 7) is 0.338. The molecule has 2 unspecified atom stereocenters. The van der Waals surface area contributed by atoms with Crippen LogP contribution in [0.25, 0.3) is 0 Å². The van der Waals surface area contributed by atoms with Gasteiger partial charge in [-0.2, -0.15) is 0 Å². The predicted molar refractivity (Wildman–Crippen MR) is 97.3 cm³/mol. The Bertz CT molecular complexity index is 874. The molecule has 1 fully saturated rings. The lowest BCUT2D eigenvalue weighted by molar-refractivity contribution is 0.102. The minimum absolute atomic E-state index is 0.00647. The van der Waals surface area contributed by atoms with Gasteiger partial charge in [0.15, 0.2) is 0 Å². The predicted octanol–water partition coefficient (Wildman–Crippen LogP) is 1.92. The number of para-hydroxylation sites is 1. The Morgan fingerprint density at radius 1 is 1.15 bits per heavy atom. The van der Waals surface area contributed by atoms with Gasteiger partial charge in [0.1, 0.15) is 6.17 Å². The molecule has 1 aliphatic heterocycles. The van der Waals surface area contributed by atoms with E-state index in [1.54, 1.807) is 30.3 Å². The molecule has 3 N–H and O–H groups in total. The van der Waals surface area contributed by atoms with Crippen molar-refractivity contribution < 1.29 is 17.6 Å². The van der Waals surface area contributed by atoms with Crippen LogP contribution in [-0.2, 0) is 10.0 Å². The third-order valence-corrected chi connectivity index (χ3v) is 5.55. The lowest BCUT2D eigenvalue weighted by Gasteiger charge is -2.12. The van der Waals surface area contributed by atoms with Crippen molar-refractivity contribution in [1.29, 1.82) is 0 Å². The number of benzene rings is 2. The fourth-order valence-electron chi connectivity index (χ4n) is 2.75. The summed E-state index contributed by atoms with van der Waals surface area (Å²) in [4.78, 5) is 12.3. The summed E-state index contributed by atoms with van der Waals surface area (Å²) < 4.78 is 40.5. The number of rotatable bonds is 6. The number of amides is 1. The first-order chi connectivity index (χ1) is 12.4. The van der Waals surface area contributed by atoms with Crippen LogP contribution in [0, 0.1) is 0 Å². The number of alkyl halides is 1. The summed E-state index contributed by atoms with van der Waals surface area (Å²) in [5, 5.41) is 5.63. The van der Waals surface area contributed by atoms with Gasteiger partial charge in [-0.05, 0) is 36.8 Å². The van der Waals surface area contributed by atoms with Crippen LogP contribution in [0.15, 0.2) is 59.5 Å². The molecular formula is C18H20FN3O3S. The first kappa shape index (κ1) is 18.5. The molecule has 0 aliphatic carbocycles. The maximum Gasteiger partial charge on any atom is 0.255 e. The molecule has 3 rings (SSSR count). The smallest absolute Gasteiger partial charge is 0.255 e. The SMILES string of the molecule is O=C(Nc1ccccc1)c1cccc(S(=O)(=O)NCC2CC(F)CN2)c1. The molecule has 0 bridgehead atoms. The van der Waals surface area contributed by atoms with Gasteiger partial charge in [0.25, 0.3) is 5.91 Å². The molecule has 0 spiro atoms. The van der Waals surface area contributed by atoms with Crippen molar-refractivity contribution in [3.8, 4) is 0 Å². The third kappa shape index (κ3) is 4.66. The van der Waals surface area contributed by atoms with E-state index in [1.165, 1.54) is 18.2 Å². The van der Waals surface area contributed by atoms with Crippen LogP contribution >= 0.6 is 0 Å². The van der Waals surface area contributed by atoms with E-state index in [0.717, 1.165) is 0 Å². The van der Waals surface area contributed by atoms with Crippen LogP contribution < -0.4 is 15.4 Å². The van der Waals surface area contributed by atoms with Gasteiger partial charge in [-0.3, -0.25) is 4.79 Å². The maximum atomic E-state index is 13.2. The lowest BCUT2D eigenvalue weighted by Crippen LogP contribution is -2.37. The molecule has 1 saturated heterocycles. The molecule has 0 saturated carbocycles. The Labute approximate surface area is 151 Å². The van der Waals surface area contributed by atoms with Gasteiger partial charge in [-0.25, -0.2) is 17.5 Å². The highest BCUT2D eigenvalue weighted by atomic mass is 32.2. The molecule has 6 nitrogen and oxygen atoms in total. The summed E-state index contributed by atoms with van der Waals surface area (Å²) in [5.41, 5.74) is 0.858. The number of carbonyl (C=O) groups is 1. The van der Waals surface area contributed by atoms with E-state index in [2.05, 4.69) is 15.4 Å². The summed E-state index contributed by atoms with van der Waals surface area (Å²) in [5.74, 6) is -0.397. The zero-order valence-corrected chi connectivity index (χ0v) is 14.8. The first-order valence-electron chi connectivity index (χ1n) is 8.27. The molecule has 2 aromatic rings. The van der Waals surface area contributed by atoms with Crippen molar-refractivity contribution in [2.45, 2.75) is 23.5 Å². The van der Waals surface area contributed by atoms with Crippen LogP contribution in [0.5, 0.6) is 0 Å². The van der Waals surface area contributed by atoms with Crippen LogP contribution in [0.3, 0.4) is 0 Å². The Kier molecular flexibility index (Phi) is 5.65. The monoisotopic (exact) mass is 377 g/mol. The van der Waals surface area contributed by atoms with Gasteiger partial charge in [-0.1, -0.05) is 24.3 Å². The maximum absolute atomic E-state index is 13.2. The van der Waals surface area contributed by atoms with E-state index in [-0.39, 0.29) is 36.0 Å². The fourth-order valence-corrected chi connectivity index (χ4v) is 3.88. The standard InChI is InChI=1S/C18H20FN3O3S/c19-14-10-16(20-11-14)12-21-26(24,25)17-8-4-5-13(9-17)18(23)22-15-6-2-1-3-7-15/h1-9,14,16,20-21H,10-12H2,(H,22,23). The largest absolute Gasteiger partial charge is 0.322 e. The number of nitrogens with one attached hydrogen (secondary N) is 3. The lowest BCUT2D eigenvalue weighted by atomic mass is 10.2. The van der Waals surface area contributed by atoms with E-state index >= 15 is 0 Å². The normalized spacial score (nSPS) is 20.0. The molecular weight excluding hydrogens is 357 g/mol. The molecule has 2 atom stereocenters. The highest BCUT2D eigenvalue weighted by Gasteiger charge is 2.25. The Morgan fingerprint density at radius 3 is 2.62 bits per heavy atom. The van der Waals surface area contributed by atoms with Gasteiger partial charge in [0, 0.05) is 30.4 Å². The quantitative estimate of drug-likeness (QED) is 0.718. The van der Waals surface area contributed by atoms with Crippen molar-refractivity contribution in [3.63, 3.8) is 0 Å². The number of carbonyl (C=O) groups excluding carboxylic acids is 1. The number of hydrogen-bond acceptors (Lipinski definition) is 4. The second kappa shape index (κ2) is 7.94. The van der Waals surface area contributed by atoms with Gasteiger partial charge in [0.05, 0.1) is 4.90 Å². The molecule has 1 aliphatic rings. The summed E-state index contributed by atoms with van der Waals surface area (Å²) in [6, 6.07) is 14.5. The number of hydrogen-bond donors (Lipinski definition) is 3. The van der Waals surface area contributed by atoms with E-state index in [1.807, 2.05) is 6.07 Å². The zero-order chi connectivity index (χ0) is 18.6. The number of anilines is 1. The van der Waals surface area contributed by atoms with Gasteiger partial charge >= 0.3 is 0 Å². The molecule has 1 heterocycles. The van der Waals surface area contributed by atoms with Gasteiger partial charge < -0.3 is 10.6 Å². The van der Waals surface area contributed by atoms with Gasteiger partial charge in [0.2, 0.25) is 10.0 Å². The van der Waals surface area contributed by atoms with Crippen LogP contribution in [0.2, 0.25) is 0 Å². The molecule has 0 aromatic heterocycles. The van der Waals surface area contributed by atoms with Crippen LogP contribution in [0.4, 0.5) is 10.1 Å². The van der Waals surface area contributed by atoms with Crippen molar-refractivity contribution >= 4 is 21.6 Å². The molecule has 0 radical (unpaired) electrons. The van der Waals surface area contributed by atoms with Gasteiger partial charge in [-0.15, -0.1) is 0 Å². The fraction of sp³-hybridized carbons (Fsp3) is 0.278. The summed E-state index contributed by atoms with van der Waals surface area (Å²) in [7, 11) is -3.79. The Balaban J connectivity index is 1.68. The van der Waals surface area contributed by atoms with E-state index < -0.39 is 22.1 Å². The number of sulfonamides is 1. The molecule has 2 aromatic carbocycles. The van der Waals surface area contributed by atoms with Crippen molar-refractivity contribution in [1.82, 2.24) is 10.0 Å². The Hall–Kier alpha value is -2.29. The molecule has 138 valence electrons. The first-order valence-corrected chi connectivity index (χ1v) is 9.76. The zero-order valence-electron chi connectivity index (χ0n) is 14.0. The van der Waals surface area contributed by atoms with Crippen molar-refractivity contribution in [2.24, 2.45) is 0 Å². The van der Waals surface area contributed by atoms with Crippen molar-refractivity contribution in [3.05, 3.63) is 60.2 Å². The minimum Gasteiger partial charge on any atom is -0.322 e. The van der Waals surface area contributed by atoms with Crippen LogP contribution in [-0.4, -0.2) is 39.6 Å². The van der Waals surface area contributed by atoms with E-state index in [9.17, 15) is 17.6 Å². The van der Waals surface area contributed by atoms with Crippen molar-refractivity contribution in [2.75, 3.05) is 18.4 Å². The van der Waals surface area contributed by atoms with Crippen LogP contribution in [0.1, 0.15) is 16.8 Å². The summed E-state index contributed by atoms with van der Waals surface area (Å²) in [6.07, 6.45) is -0.670. The molecule has 8 heteroatoms. The van der Waals surface area contributed by atoms with E-state index in [4.69, 9.17) is 0 Å². The second-order valence-corrected chi connectivity index (χ2v) is 7.90. The number of halogens is 1. The summed E-state index contributed by atoms with van der Waals surface area (Å²) >= 11 is 0. The average molecular weight is 377 g/mol. The second-order valence-electron chi connectivity index (χ2n) is 6.14. The minimum atomic E-state index is -3.79. The highest BCUT2D eigenvalue weighted by molar-refractivity contribution is 7.89. The van der Waals surface area contributed by atoms with E-state index in [0.29, 0.717) is 5.69 Å². The topological polar surface area (TPSA) is 87.3 Å². The molecule has 1 amide bonds. The highest BCUT2D eigenvalue weighted by Crippen LogP contribution is 2.15. The molecule has 26 heavy (non-hydrogen) atoms. The average Bonchev–Trinajstić information content (AvgIpc) is 3.06. The Morgan fingerprint density at radius 2 is 1.92 bits per heavy atom. The third-order valence-electron chi connectivity index (χ3n) is 4.13.